The SMILES string of the molecule is [2H]C(Oc1ccc2c(c1)CCn1c(OC[C@@H]3COCCO3)c(Br)c(=O)c(C)c1-2)=C(F)F. The summed E-state index contributed by atoms with van der Waals surface area (Å²) in [6.07, 6.45) is -3.02. The minimum absolute atomic E-state index is 0.146. The second-order valence-electron chi connectivity index (χ2n) is 6.99. The minimum Gasteiger partial charge on any atom is -0.475 e. The van der Waals surface area contributed by atoms with Gasteiger partial charge in [0.2, 0.25) is 11.3 Å². The number of halogens is 3. The number of fused-ring (bicyclic) bond motifs is 3. The number of aromatic nitrogens is 1. The van der Waals surface area contributed by atoms with Crippen LogP contribution in [0.1, 0.15) is 12.5 Å². The van der Waals surface area contributed by atoms with E-state index in [1.165, 1.54) is 6.07 Å². The Morgan fingerprint density at radius 3 is 3.00 bits per heavy atom. The Balaban J connectivity index is 1.70. The Morgan fingerprint density at radius 1 is 1.43 bits per heavy atom. The van der Waals surface area contributed by atoms with Gasteiger partial charge < -0.3 is 23.5 Å². The predicted molar refractivity (Wildman–Crippen MR) is 109 cm³/mol. The first-order valence-electron chi connectivity index (χ1n) is 9.95. The number of pyridine rings is 1. The first-order valence-corrected chi connectivity index (χ1v) is 10.2. The summed E-state index contributed by atoms with van der Waals surface area (Å²) >= 11 is 3.38. The number of aryl methyl sites for hydroxylation is 1. The Morgan fingerprint density at radius 2 is 2.27 bits per heavy atom. The van der Waals surface area contributed by atoms with Crippen molar-refractivity contribution < 1.29 is 29.1 Å². The molecule has 30 heavy (non-hydrogen) atoms. The van der Waals surface area contributed by atoms with Crippen molar-refractivity contribution in [3.8, 4) is 22.9 Å². The topological polar surface area (TPSA) is 58.9 Å². The van der Waals surface area contributed by atoms with Gasteiger partial charge in [0, 0.05) is 17.7 Å². The van der Waals surface area contributed by atoms with Crippen molar-refractivity contribution in [1.29, 1.82) is 0 Å². The molecule has 1 fully saturated rings. The fourth-order valence-electron chi connectivity index (χ4n) is 3.70. The molecule has 0 radical (unpaired) electrons. The number of ether oxygens (including phenoxy) is 4. The average Bonchev–Trinajstić information content (AvgIpc) is 2.77. The maximum atomic E-state index is 12.9. The van der Waals surface area contributed by atoms with Gasteiger partial charge in [-0.2, -0.15) is 8.78 Å². The molecule has 0 N–H and O–H groups in total. The molecule has 1 aromatic carbocycles. The molecule has 6 nitrogen and oxygen atoms in total. The average molecular weight is 485 g/mol. The van der Waals surface area contributed by atoms with Crippen LogP contribution in [-0.4, -0.2) is 37.1 Å². The van der Waals surface area contributed by atoms with E-state index < -0.39 is 12.3 Å². The van der Waals surface area contributed by atoms with Crippen LogP contribution in [-0.2, 0) is 22.4 Å². The van der Waals surface area contributed by atoms with Crippen molar-refractivity contribution in [1.82, 2.24) is 4.57 Å². The van der Waals surface area contributed by atoms with Gasteiger partial charge in [0.05, 0.1) is 25.5 Å². The first-order chi connectivity index (χ1) is 14.9. The zero-order valence-corrected chi connectivity index (χ0v) is 17.8. The lowest BCUT2D eigenvalue weighted by molar-refractivity contribution is -0.102. The summed E-state index contributed by atoms with van der Waals surface area (Å²) in [6, 6.07) is 4.84. The lowest BCUT2D eigenvalue weighted by Crippen LogP contribution is -2.34. The van der Waals surface area contributed by atoms with E-state index in [0.717, 1.165) is 11.1 Å². The van der Waals surface area contributed by atoms with Crippen LogP contribution < -0.4 is 14.9 Å². The van der Waals surface area contributed by atoms with Crippen LogP contribution in [0.3, 0.4) is 0 Å². The third-order valence-corrected chi connectivity index (χ3v) is 5.77. The van der Waals surface area contributed by atoms with E-state index in [9.17, 15) is 13.6 Å². The summed E-state index contributed by atoms with van der Waals surface area (Å²) in [6.45, 7) is 3.98. The molecule has 1 atom stereocenters. The Labute approximate surface area is 181 Å². The van der Waals surface area contributed by atoms with Crippen molar-refractivity contribution in [2.75, 3.05) is 26.4 Å². The quantitative estimate of drug-likeness (QED) is 0.599. The van der Waals surface area contributed by atoms with E-state index in [1.54, 1.807) is 19.1 Å². The highest BCUT2D eigenvalue weighted by Crippen LogP contribution is 2.38. The second kappa shape index (κ2) is 8.87. The molecule has 2 aliphatic heterocycles. The van der Waals surface area contributed by atoms with Gasteiger partial charge in [0.25, 0.3) is 0 Å². The van der Waals surface area contributed by atoms with Gasteiger partial charge in [0.1, 0.15) is 24.3 Å². The highest BCUT2D eigenvalue weighted by molar-refractivity contribution is 9.10. The van der Waals surface area contributed by atoms with E-state index in [0.29, 0.717) is 54.4 Å². The minimum atomic E-state index is -2.19. The predicted octanol–water partition coefficient (Wildman–Crippen LogP) is 4.05. The number of benzene rings is 1. The Bertz CT molecular complexity index is 1090. The molecule has 1 saturated heterocycles. The van der Waals surface area contributed by atoms with Crippen LogP contribution in [0.2, 0.25) is 0 Å². The molecule has 1 aromatic heterocycles. The Kier molecular flexibility index (Phi) is 5.83. The molecule has 0 bridgehead atoms. The molecule has 9 heteroatoms. The maximum absolute atomic E-state index is 12.9. The maximum Gasteiger partial charge on any atom is 0.305 e. The highest BCUT2D eigenvalue weighted by atomic mass is 79.9. The van der Waals surface area contributed by atoms with E-state index in [4.69, 9.17) is 20.3 Å². The molecule has 4 rings (SSSR count). The van der Waals surface area contributed by atoms with Crippen LogP contribution >= 0.6 is 15.9 Å². The molecule has 0 aliphatic carbocycles. The Hall–Kier alpha value is -2.23. The number of hydrogen-bond donors (Lipinski definition) is 0. The molecule has 160 valence electrons. The van der Waals surface area contributed by atoms with Crippen LogP contribution in [0.5, 0.6) is 11.6 Å². The summed E-state index contributed by atoms with van der Waals surface area (Å²) in [4.78, 5) is 12.9. The third-order valence-electron chi connectivity index (χ3n) is 5.07. The van der Waals surface area contributed by atoms with Gasteiger partial charge in [-0.25, -0.2) is 0 Å². The van der Waals surface area contributed by atoms with Gasteiger partial charge in [0.15, 0.2) is 6.24 Å². The zero-order chi connectivity index (χ0) is 22.1. The van der Waals surface area contributed by atoms with Crippen LogP contribution in [0, 0.1) is 6.92 Å². The summed E-state index contributed by atoms with van der Waals surface area (Å²) in [5.74, 6) is 0.565. The van der Waals surface area contributed by atoms with Gasteiger partial charge in [-0.15, -0.1) is 0 Å². The zero-order valence-electron chi connectivity index (χ0n) is 17.2. The van der Waals surface area contributed by atoms with Gasteiger partial charge >= 0.3 is 6.08 Å². The van der Waals surface area contributed by atoms with E-state index in [-0.39, 0.29) is 23.9 Å². The number of rotatable bonds is 5. The summed E-state index contributed by atoms with van der Waals surface area (Å²) < 4.78 is 56.4. The molecule has 2 aliphatic rings. The second-order valence-corrected chi connectivity index (χ2v) is 7.78. The standard InChI is InChI=1S/C21H20BrF2NO5/c1-12-19-16-3-2-14(29-11-17(23)24)8-13(16)4-5-25(19)21(18(22)20(12)26)30-10-15-9-27-6-7-28-15/h2-3,8,11,15H,4-7,9-10H2,1H3/t15-/m0/s1/i11D. The van der Waals surface area contributed by atoms with E-state index in [2.05, 4.69) is 15.9 Å². The smallest absolute Gasteiger partial charge is 0.305 e. The fraction of sp³-hybridized carbons (Fsp3) is 0.381. The van der Waals surface area contributed by atoms with Gasteiger partial charge in [-0.3, -0.25) is 4.79 Å². The van der Waals surface area contributed by atoms with Crippen molar-refractivity contribution in [3.05, 3.63) is 56.3 Å². The summed E-state index contributed by atoms with van der Waals surface area (Å²) in [7, 11) is 0. The summed E-state index contributed by atoms with van der Waals surface area (Å²) in [5.41, 5.74) is 2.69. The van der Waals surface area contributed by atoms with Gasteiger partial charge in [-0.05, 0) is 53.0 Å². The molecule has 0 saturated carbocycles. The van der Waals surface area contributed by atoms with Crippen molar-refractivity contribution >= 4 is 15.9 Å². The molecular formula is C21H20BrF2NO5. The van der Waals surface area contributed by atoms with E-state index in [1.807, 2.05) is 4.57 Å². The monoisotopic (exact) mass is 484 g/mol. The normalized spacial score (nSPS) is 18.1. The number of nitrogens with zero attached hydrogens (tertiary/aromatic N) is 1. The third kappa shape index (κ3) is 4.14. The van der Waals surface area contributed by atoms with Crippen LogP contribution in [0.25, 0.3) is 11.3 Å². The molecule has 0 amide bonds. The molecule has 0 spiro atoms. The molecule has 2 aromatic rings. The molecule has 3 heterocycles. The highest BCUT2D eigenvalue weighted by Gasteiger charge is 2.26. The molecular weight excluding hydrogens is 464 g/mol. The number of hydrogen-bond acceptors (Lipinski definition) is 5. The van der Waals surface area contributed by atoms with Crippen molar-refractivity contribution in [2.45, 2.75) is 26.0 Å². The first kappa shape index (κ1) is 19.7. The lowest BCUT2D eigenvalue weighted by Gasteiger charge is -2.29. The van der Waals surface area contributed by atoms with Crippen LogP contribution in [0.4, 0.5) is 8.78 Å². The van der Waals surface area contributed by atoms with Crippen LogP contribution in [0.15, 0.2) is 39.8 Å². The largest absolute Gasteiger partial charge is 0.475 e. The fourth-order valence-corrected chi connectivity index (χ4v) is 4.33. The van der Waals surface area contributed by atoms with Gasteiger partial charge in [-0.1, -0.05) is 0 Å². The van der Waals surface area contributed by atoms with E-state index >= 15 is 0 Å². The van der Waals surface area contributed by atoms with Crippen molar-refractivity contribution in [3.63, 3.8) is 0 Å². The van der Waals surface area contributed by atoms with Crippen molar-refractivity contribution in [2.24, 2.45) is 0 Å². The molecule has 0 unspecified atom stereocenters. The summed E-state index contributed by atoms with van der Waals surface area (Å²) in [5, 5.41) is 0. The lowest BCUT2D eigenvalue weighted by atomic mass is 9.94.